The lowest BCUT2D eigenvalue weighted by Crippen LogP contribution is -2.28. The van der Waals surface area contributed by atoms with Crippen LogP contribution < -0.4 is 9.47 Å². The van der Waals surface area contributed by atoms with Crippen LogP contribution in [0.15, 0.2) is 23.1 Å². The van der Waals surface area contributed by atoms with Crippen molar-refractivity contribution < 1.29 is 19.1 Å². The van der Waals surface area contributed by atoms with Crippen LogP contribution in [0.2, 0.25) is 0 Å². The van der Waals surface area contributed by atoms with Gasteiger partial charge >= 0.3 is 0 Å². The molecule has 2 aliphatic rings. The smallest absolute Gasteiger partial charge is 0.294 e. The third kappa shape index (κ3) is 2.12. The quantitative estimate of drug-likeness (QED) is 0.616. The molecule has 2 heterocycles. The van der Waals surface area contributed by atoms with Crippen LogP contribution in [0.3, 0.4) is 0 Å². The van der Waals surface area contributed by atoms with Gasteiger partial charge in [-0.3, -0.25) is 14.5 Å². The number of terminal acetylenes is 1. The summed E-state index contributed by atoms with van der Waals surface area (Å²) in [5, 5.41) is -0.347. The zero-order valence-corrected chi connectivity index (χ0v) is 11.1. The first kappa shape index (κ1) is 12.6. The minimum absolute atomic E-state index is 0.0108. The molecule has 1 fully saturated rings. The molecule has 1 aromatic carbocycles. The highest BCUT2D eigenvalue weighted by Gasteiger charge is 2.34. The van der Waals surface area contributed by atoms with Crippen LogP contribution in [0.4, 0.5) is 4.79 Å². The summed E-state index contributed by atoms with van der Waals surface area (Å²) >= 11 is 0.881. The molecule has 0 N–H and O–H groups in total. The molecule has 0 atom stereocenters. The fraction of sp³-hybridized carbons (Fsp3) is 0.143. The SMILES string of the molecule is C#CCN1C(=O)S/C(=C/c2ccc3c(c2)OCO3)C1=O. The van der Waals surface area contributed by atoms with E-state index in [9.17, 15) is 9.59 Å². The maximum absolute atomic E-state index is 12.0. The van der Waals surface area contributed by atoms with E-state index in [0.717, 1.165) is 22.2 Å². The lowest BCUT2D eigenvalue weighted by atomic mass is 10.2. The van der Waals surface area contributed by atoms with Gasteiger partial charge in [0.1, 0.15) is 0 Å². The number of hydrogen-bond donors (Lipinski definition) is 0. The molecule has 20 heavy (non-hydrogen) atoms. The van der Waals surface area contributed by atoms with E-state index >= 15 is 0 Å². The number of carbonyl (C=O) groups is 2. The van der Waals surface area contributed by atoms with E-state index in [0.29, 0.717) is 16.4 Å². The lowest BCUT2D eigenvalue weighted by molar-refractivity contribution is -0.122. The van der Waals surface area contributed by atoms with E-state index in [1.54, 1.807) is 24.3 Å². The van der Waals surface area contributed by atoms with Crippen molar-refractivity contribution >= 4 is 29.0 Å². The van der Waals surface area contributed by atoms with Crippen LogP contribution >= 0.6 is 11.8 Å². The number of carbonyl (C=O) groups excluding carboxylic acids is 2. The van der Waals surface area contributed by atoms with E-state index < -0.39 is 0 Å². The molecule has 0 radical (unpaired) electrons. The first-order chi connectivity index (χ1) is 9.69. The van der Waals surface area contributed by atoms with Crippen LogP contribution in [0.25, 0.3) is 6.08 Å². The standard InChI is InChI=1S/C14H9NO4S/c1-2-5-15-13(16)12(20-14(15)17)7-9-3-4-10-11(6-9)19-8-18-10/h1,3-4,6-7H,5,8H2/b12-7+. The molecule has 1 saturated heterocycles. The Bertz CT molecular complexity index is 674. The molecule has 0 unspecified atom stereocenters. The predicted octanol–water partition coefficient (Wildman–Crippen LogP) is 2.08. The van der Waals surface area contributed by atoms with E-state index in [-0.39, 0.29) is 24.5 Å². The van der Waals surface area contributed by atoms with E-state index in [2.05, 4.69) is 5.92 Å². The van der Waals surface area contributed by atoms with E-state index in [1.807, 2.05) is 0 Å². The summed E-state index contributed by atoms with van der Waals surface area (Å²) in [5.74, 6) is 3.23. The molecule has 3 rings (SSSR count). The fourth-order valence-electron chi connectivity index (χ4n) is 1.88. The van der Waals surface area contributed by atoms with Crippen LogP contribution in [-0.4, -0.2) is 29.4 Å². The largest absolute Gasteiger partial charge is 0.454 e. The molecule has 100 valence electrons. The van der Waals surface area contributed by atoms with Gasteiger partial charge in [-0.2, -0.15) is 0 Å². The third-order valence-corrected chi connectivity index (χ3v) is 3.72. The Morgan fingerprint density at radius 3 is 2.95 bits per heavy atom. The molecule has 2 aliphatic heterocycles. The maximum atomic E-state index is 12.0. The molecule has 0 aromatic heterocycles. The van der Waals surface area contributed by atoms with Gasteiger partial charge in [0, 0.05) is 0 Å². The van der Waals surface area contributed by atoms with Gasteiger partial charge in [-0.05, 0) is 35.5 Å². The highest BCUT2D eigenvalue weighted by molar-refractivity contribution is 8.18. The molecule has 0 saturated carbocycles. The summed E-state index contributed by atoms with van der Waals surface area (Å²) in [4.78, 5) is 25.1. The van der Waals surface area contributed by atoms with Gasteiger partial charge in [0.05, 0.1) is 11.4 Å². The predicted molar refractivity (Wildman–Crippen MR) is 74.1 cm³/mol. The average molecular weight is 287 g/mol. The molecule has 2 amide bonds. The van der Waals surface area contributed by atoms with E-state index in [4.69, 9.17) is 15.9 Å². The summed E-state index contributed by atoms with van der Waals surface area (Å²) in [7, 11) is 0. The number of ether oxygens (including phenoxy) is 2. The number of benzene rings is 1. The summed E-state index contributed by atoms with van der Waals surface area (Å²) in [6.45, 7) is 0.181. The van der Waals surface area contributed by atoms with Crippen molar-refractivity contribution in [3.8, 4) is 23.8 Å². The van der Waals surface area contributed by atoms with Crippen LogP contribution in [0.1, 0.15) is 5.56 Å². The number of amides is 2. The normalized spacial score (nSPS) is 18.8. The van der Waals surface area contributed by atoms with Gasteiger partial charge in [0.25, 0.3) is 11.1 Å². The Morgan fingerprint density at radius 2 is 2.15 bits per heavy atom. The molecule has 1 aromatic rings. The minimum Gasteiger partial charge on any atom is -0.454 e. The maximum Gasteiger partial charge on any atom is 0.294 e. The number of nitrogens with zero attached hydrogens (tertiary/aromatic N) is 1. The average Bonchev–Trinajstić information content (AvgIpc) is 2.99. The monoisotopic (exact) mass is 287 g/mol. The van der Waals surface area contributed by atoms with Gasteiger partial charge < -0.3 is 9.47 Å². The minimum atomic E-state index is -0.365. The summed E-state index contributed by atoms with van der Waals surface area (Å²) in [5.41, 5.74) is 0.764. The first-order valence-corrected chi connectivity index (χ1v) is 6.59. The molecular formula is C14H9NO4S. The summed E-state index contributed by atoms with van der Waals surface area (Å²) in [6, 6.07) is 5.32. The molecule has 5 nitrogen and oxygen atoms in total. The third-order valence-electron chi connectivity index (χ3n) is 2.82. The molecule has 6 heteroatoms. The number of fused-ring (bicyclic) bond motifs is 1. The Kier molecular flexibility index (Phi) is 3.12. The van der Waals surface area contributed by atoms with Crippen molar-refractivity contribution in [3.63, 3.8) is 0 Å². The molecular weight excluding hydrogens is 278 g/mol. The summed E-state index contributed by atoms with van der Waals surface area (Å²) < 4.78 is 10.5. The molecule has 0 spiro atoms. The second kappa shape index (κ2) is 4.94. The molecule has 0 aliphatic carbocycles. The van der Waals surface area contributed by atoms with Crippen LogP contribution in [-0.2, 0) is 4.79 Å². The topological polar surface area (TPSA) is 55.8 Å². The Balaban J connectivity index is 1.88. The van der Waals surface area contributed by atoms with Gasteiger partial charge in [-0.15, -0.1) is 6.42 Å². The Hall–Kier alpha value is -2.39. The van der Waals surface area contributed by atoms with Crippen molar-refractivity contribution in [2.75, 3.05) is 13.3 Å². The zero-order chi connectivity index (χ0) is 14.1. The second-order valence-electron chi connectivity index (χ2n) is 4.08. The van der Waals surface area contributed by atoms with Gasteiger partial charge in [0.15, 0.2) is 11.5 Å². The first-order valence-electron chi connectivity index (χ1n) is 5.77. The number of thioether (sulfide) groups is 1. The fourth-order valence-corrected chi connectivity index (χ4v) is 2.72. The van der Waals surface area contributed by atoms with Gasteiger partial charge in [-0.1, -0.05) is 12.0 Å². The summed E-state index contributed by atoms with van der Waals surface area (Å²) in [6.07, 6.45) is 6.78. The van der Waals surface area contributed by atoms with Crippen molar-refractivity contribution in [3.05, 3.63) is 28.7 Å². The molecule has 0 bridgehead atoms. The van der Waals surface area contributed by atoms with Crippen molar-refractivity contribution in [2.45, 2.75) is 0 Å². The zero-order valence-electron chi connectivity index (χ0n) is 10.3. The highest BCUT2D eigenvalue weighted by Crippen LogP contribution is 2.36. The van der Waals surface area contributed by atoms with Crippen LogP contribution in [0.5, 0.6) is 11.5 Å². The Labute approximate surface area is 119 Å². The number of imide groups is 1. The van der Waals surface area contributed by atoms with Crippen molar-refractivity contribution in [2.24, 2.45) is 0 Å². The van der Waals surface area contributed by atoms with E-state index in [1.165, 1.54) is 0 Å². The lowest BCUT2D eigenvalue weighted by Gasteiger charge is -2.06. The van der Waals surface area contributed by atoms with Crippen molar-refractivity contribution in [1.82, 2.24) is 4.90 Å². The number of rotatable bonds is 2. The second-order valence-corrected chi connectivity index (χ2v) is 5.08. The number of hydrogen-bond acceptors (Lipinski definition) is 5. The van der Waals surface area contributed by atoms with Gasteiger partial charge in [-0.25, -0.2) is 0 Å². The van der Waals surface area contributed by atoms with Crippen LogP contribution in [0, 0.1) is 12.3 Å². The van der Waals surface area contributed by atoms with Gasteiger partial charge in [0.2, 0.25) is 6.79 Å². The Morgan fingerprint density at radius 1 is 1.35 bits per heavy atom. The highest BCUT2D eigenvalue weighted by atomic mass is 32.2. The van der Waals surface area contributed by atoms with Crippen molar-refractivity contribution in [1.29, 1.82) is 0 Å².